The molecular formula is C13H13NO. The number of benzene rings is 1. The molecular weight excluding hydrogens is 186 g/mol. The van der Waals surface area contributed by atoms with Crippen molar-refractivity contribution in [3.8, 4) is 5.75 Å². The van der Waals surface area contributed by atoms with Crippen LogP contribution in [0.5, 0.6) is 5.75 Å². The van der Waals surface area contributed by atoms with Gasteiger partial charge in [-0.1, -0.05) is 30.9 Å². The number of hydrogen-bond donors (Lipinski definition) is 1. The summed E-state index contributed by atoms with van der Waals surface area (Å²) in [6, 6.07) is 7.87. The SMILES string of the molecule is C=C/C=C\C1=C(C)Oc2ccccc2N1. The number of rotatable bonds is 2. The van der Waals surface area contributed by atoms with E-state index >= 15 is 0 Å². The average Bonchev–Trinajstić information content (AvgIpc) is 2.26. The van der Waals surface area contributed by atoms with Gasteiger partial charge < -0.3 is 10.1 Å². The van der Waals surface area contributed by atoms with Gasteiger partial charge in [0.2, 0.25) is 0 Å². The van der Waals surface area contributed by atoms with Crippen molar-refractivity contribution in [3.63, 3.8) is 0 Å². The van der Waals surface area contributed by atoms with Gasteiger partial charge in [0.15, 0.2) is 0 Å². The van der Waals surface area contributed by atoms with Crippen LogP contribution in [0.4, 0.5) is 5.69 Å². The van der Waals surface area contributed by atoms with Crippen LogP contribution in [0.15, 0.2) is 60.5 Å². The van der Waals surface area contributed by atoms with Gasteiger partial charge in [-0.05, 0) is 25.1 Å². The van der Waals surface area contributed by atoms with Crippen LogP contribution < -0.4 is 10.1 Å². The van der Waals surface area contributed by atoms with Crippen LogP contribution in [-0.4, -0.2) is 0 Å². The summed E-state index contributed by atoms with van der Waals surface area (Å²) in [6.07, 6.45) is 5.56. The summed E-state index contributed by atoms with van der Waals surface area (Å²) < 4.78 is 5.67. The Kier molecular flexibility index (Phi) is 2.59. The van der Waals surface area contributed by atoms with E-state index in [0.717, 1.165) is 22.9 Å². The molecule has 1 aliphatic heterocycles. The molecule has 15 heavy (non-hydrogen) atoms. The summed E-state index contributed by atoms with van der Waals surface area (Å²) in [4.78, 5) is 0. The Morgan fingerprint density at radius 3 is 2.93 bits per heavy atom. The predicted octanol–water partition coefficient (Wildman–Crippen LogP) is 3.46. The lowest BCUT2D eigenvalue weighted by Gasteiger charge is -2.21. The van der Waals surface area contributed by atoms with E-state index in [9.17, 15) is 0 Å². The third-order valence-electron chi connectivity index (χ3n) is 2.20. The van der Waals surface area contributed by atoms with Crippen molar-refractivity contribution in [3.05, 3.63) is 60.5 Å². The molecule has 0 atom stereocenters. The fourth-order valence-corrected chi connectivity index (χ4v) is 1.44. The highest BCUT2D eigenvalue weighted by Gasteiger charge is 2.13. The summed E-state index contributed by atoms with van der Waals surface area (Å²) in [6.45, 7) is 5.57. The van der Waals surface area contributed by atoms with E-state index in [2.05, 4.69) is 11.9 Å². The van der Waals surface area contributed by atoms with Crippen molar-refractivity contribution < 1.29 is 4.74 Å². The van der Waals surface area contributed by atoms with Crippen LogP contribution in [0.1, 0.15) is 6.92 Å². The van der Waals surface area contributed by atoms with E-state index in [1.165, 1.54) is 0 Å². The van der Waals surface area contributed by atoms with Gasteiger partial charge in [-0.25, -0.2) is 0 Å². The van der Waals surface area contributed by atoms with Crippen LogP contribution in [-0.2, 0) is 0 Å². The lowest BCUT2D eigenvalue weighted by atomic mass is 10.2. The summed E-state index contributed by atoms with van der Waals surface area (Å²) in [7, 11) is 0. The van der Waals surface area contributed by atoms with E-state index in [4.69, 9.17) is 4.74 Å². The first-order chi connectivity index (χ1) is 7.31. The molecule has 0 saturated heterocycles. The highest BCUT2D eigenvalue weighted by atomic mass is 16.5. The second-order valence-electron chi connectivity index (χ2n) is 3.29. The molecule has 2 nitrogen and oxygen atoms in total. The quantitative estimate of drug-likeness (QED) is 0.736. The fraction of sp³-hybridized carbons (Fsp3) is 0.0769. The molecule has 2 heteroatoms. The van der Waals surface area contributed by atoms with E-state index in [-0.39, 0.29) is 0 Å². The second kappa shape index (κ2) is 4.05. The number of ether oxygens (including phenoxy) is 1. The molecule has 76 valence electrons. The van der Waals surface area contributed by atoms with Crippen LogP contribution in [0.25, 0.3) is 0 Å². The van der Waals surface area contributed by atoms with Crippen LogP contribution in [0.3, 0.4) is 0 Å². The second-order valence-corrected chi connectivity index (χ2v) is 3.29. The van der Waals surface area contributed by atoms with Crippen molar-refractivity contribution in [2.24, 2.45) is 0 Å². The zero-order valence-corrected chi connectivity index (χ0v) is 8.66. The minimum Gasteiger partial charge on any atom is -0.458 e. The van der Waals surface area contributed by atoms with Crippen molar-refractivity contribution in [2.45, 2.75) is 6.92 Å². The molecule has 1 aliphatic rings. The lowest BCUT2D eigenvalue weighted by molar-refractivity contribution is 0.419. The smallest absolute Gasteiger partial charge is 0.150 e. The number of hydrogen-bond acceptors (Lipinski definition) is 2. The van der Waals surface area contributed by atoms with Gasteiger partial charge in [-0.2, -0.15) is 0 Å². The zero-order chi connectivity index (χ0) is 10.7. The van der Waals surface area contributed by atoms with Crippen molar-refractivity contribution in [2.75, 3.05) is 5.32 Å². The van der Waals surface area contributed by atoms with Crippen molar-refractivity contribution in [1.29, 1.82) is 0 Å². The maximum Gasteiger partial charge on any atom is 0.150 e. The van der Waals surface area contributed by atoms with E-state index in [0.29, 0.717) is 0 Å². The van der Waals surface area contributed by atoms with Gasteiger partial charge in [-0.3, -0.25) is 0 Å². The Balaban J connectivity index is 2.31. The average molecular weight is 199 g/mol. The van der Waals surface area contributed by atoms with Crippen LogP contribution >= 0.6 is 0 Å². The summed E-state index contributed by atoms with van der Waals surface area (Å²) in [5, 5.41) is 3.30. The minimum atomic E-state index is 0.866. The van der Waals surface area contributed by atoms with Gasteiger partial charge in [-0.15, -0.1) is 0 Å². The van der Waals surface area contributed by atoms with E-state index in [1.807, 2.05) is 43.3 Å². The molecule has 1 heterocycles. The van der Waals surface area contributed by atoms with Crippen molar-refractivity contribution >= 4 is 5.69 Å². The molecule has 0 fully saturated rings. The van der Waals surface area contributed by atoms with Gasteiger partial charge in [0.05, 0.1) is 11.4 Å². The maximum atomic E-state index is 5.67. The highest BCUT2D eigenvalue weighted by molar-refractivity contribution is 5.64. The largest absolute Gasteiger partial charge is 0.458 e. The molecule has 0 spiro atoms. The summed E-state index contributed by atoms with van der Waals surface area (Å²) >= 11 is 0. The molecule has 0 saturated carbocycles. The van der Waals surface area contributed by atoms with Crippen LogP contribution in [0.2, 0.25) is 0 Å². The molecule has 0 unspecified atom stereocenters. The molecule has 0 radical (unpaired) electrons. The first-order valence-electron chi connectivity index (χ1n) is 4.85. The molecule has 0 aromatic heterocycles. The minimum absolute atomic E-state index is 0.866. The van der Waals surface area contributed by atoms with E-state index in [1.54, 1.807) is 6.08 Å². The molecule has 0 aliphatic carbocycles. The number of allylic oxidation sites excluding steroid dienone is 4. The Morgan fingerprint density at radius 2 is 2.13 bits per heavy atom. The molecule has 1 aromatic carbocycles. The standard InChI is InChI=1S/C13H13NO/c1-3-4-7-11-10(2)15-13-9-6-5-8-12(13)14-11/h3-9,14H,1H2,2H3/b7-4-. The monoisotopic (exact) mass is 199 g/mol. The summed E-state index contributed by atoms with van der Waals surface area (Å²) in [5.41, 5.74) is 1.96. The number of anilines is 1. The zero-order valence-electron chi connectivity index (χ0n) is 8.66. The molecule has 1 N–H and O–H groups in total. The normalized spacial score (nSPS) is 14.5. The Hall–Kier alpha value is -1.96. The lowest BCUT2D eigenvalue weighted by Crippen LogP contribution is -2.10. The summed E-state index contributed by atoms with van der Waals surface area (Å²) in [5.74, 6) is 1.73. The molecule has 2 rings (SSSR count). The highest BCUT2D eigenvalue weighted by Crippen LogP contribution is 2.32. The van der Waals surface area contributed by atoms with Gasteiger partial charge in [0, 0.05) is 0 Å². The third-order valence-corrected chi connectivity index (χ3v) is 2.20. The number of fused-ring (bicyclic) bond motifs is 1. The third kappa shape index (κ3) is 1.94. The first-order valence-corrected chi connectivity index (χ1v) is 4.85. The number of nitrogens with one attached hydrogen (secondary N) is 1. The molecule has 0 amide bonds. The van der Waals surface area contributed by atoms with Gasteiger partial charge in [0.25, 0.3) is 0 Å². The predicted molar refractivity (Wildman–Crippen MR) is 62.7 cm³/mol. The van der Waals surface area contributed by atoms with E-state index < -0.39 is 0 Å². The first kappa shape index (κ1) is 9.59. The van der Waals surface area contributed by atoms with Crippen molar-refractivity contribution in [1.82, 2.24) is 0 Å². The fourth-order valence-electron chi connectivity index (χ4n) is 1.44. The topological polar surface area (TPSA) is 21.3 Å². The Labute approximate surface area is 89.6 Å². The van der Waals surface area contributed by atoms with Crippen LogP contribution in [0, 0.1) is 0 Å². The molecule has 1 aromatic rings. The van der Waals surface area contributed by atoms with Gasteiger partial charge in [0.1, 0.15) is 11.5 Å². The number of para-hydroxylation sites is 2. The van der Waals surface area contributed by atoms with Gasteiger partial charge >= 0.3 is 0 Å². The molecule has 0 bridgehead atoms. The maximum absolute atomic E-state index is 5.67. The Morgan fingerprint density at radius 1 is 1.33 bits per heavy atom. The Bertz CT molecular complexity index is 444.